The molecule has 16 heavy (non-hydrogen) atoms. The molecule has 0 aliphatic carbocycles. The molecule has 1 N–H and O–H groups in total. The molecule has 0 atom stereocenters. The van der Waals surface area contributed by atoms with Crippen LogP contribution in [-0.2, 0) is 4.74 Å². The molecule has 2 aromatic rings. The summed E-state index contributed by atoms with van der Waals surface area (Å²) < 4.78 is 10.1. The number of fused-ring (bicyclic) bond motifs is 1. The second kappa shape index (κ2) is 4.22. The zero-order chi connectivity index (χ0) is 11.5. The largest absolute Gasteiger partial charge is 0.496 e. The van der Waals surface area contributed by atoms with Crippen molar-refractivity contribution < 1.29 is 14.3 Å². The third-order valence-corrected chi connectivity index (χ3v) is 2.27. The summed E-state index contributed by atoms with van der Waals surface area (Å²) in [5.41, 5.74) is 0.931. The number of hydrogen-bond donors (Lipinski definition) is 1. The lowest BCUT2D eigenvalue weighted by atomic mass is 10.1. The number of H-pyrrole nitrogens is 1. The molecule has 0 aliphatic rings. The van der Waals surface area contributed by atoms with E-state index >= 15 is 0 Å². The van der Waals surface area contributed by atoms with E-state index in [-0.39, 0.29) is 0 Å². The summed E-state index contributed by atoms with van der Waals surface area (Å²) in [6.07, 6.45) is 1.72. The van der Waals surface area contributed by atoms with E-state index in [4.69, 9.17) is 9.47 Å². The van der Waals surface area contributed by atoms with Gasteiger partial charge < -0.3 is 9.47 Å². The number of aromatic amines is 1. The number of carbonyl (C=O) groups excluding carboxylic acids is 1. The maximum atomic E-state index is 11.8. The Morgan fingerprint density at radius 2 is 2.31 bits per heavy atom. The van der Waals surface area contributed by atoms with Crippen LogP contribution >= 0.6 is 0 Å². The number of nitrogens with one attached hydrogen (secondary N) is 1. The number of methoxy groups -OCH3 is 1. The van der Waals surface area contributed by atoms with Crippen molar-refractivity contribution in [2.75, 3.05) is 13.7 Å². The Balaban J connectivity index is 2.61. The summed E-state index contributed by atoms with van der Waals surface area (Å²) in [6.45, 7) is 2.08. The zero-order valence-corrected chi connectivity index (χ0v) is 9.11. The Kier molecular flexibility index (Phi) is 2.76. The van der Waals surface area contributed by atoms with Gasteiger partial charge in [-0.3, -0.25) is 5.10 Å². The van der Waals surface area contributed by atoms with E-state index in [1.165, 1.54) is 7.11 Å². The SMILES string of the molecule is CCOC(=O)c1c(OC)ccc2c[nH]nc12. The third-order valence-electron chi connectivity index (χ3n) is 2.27. The van der Waals surface area contributed by atoms with E-state index in [0.29, 0.717) is 23.4 Å². The minimum absolute atomic E-state index is 0.322. The van der Waals surface area contributed by atoms with Gasteiger partial charge in [-0.25, -0.2) is 4.79 Å². The maximum absolute atomic E-state index is 11.8. The molecule has 84 valence electrons. The van der Waals surface area contributed by atoms with E-state index in [0.717, 1.165) is 5.39 Å². The summed E-state index contributed by atoms with van der Waals surface area (Å²) in [7, 11) is 1.51. The molecule has 5 heteroatoms. The van der Waals surface area contributed by atoms with E-state index in [9.17, 15) is 4.79 Å². The average Bonchev–Trinajstić information content (AvgIpc) is 2.75. The first-order valence-corrected chi connectivity index (χ1v) is 4.95. The standard InChI is InChI=1S/C11H12N2O3/c1-3-16-11(14)9-8(15-2)5-4-7-6-12-13-10(7)9/h4-6H,3H2,1-2H3,(H,12,13). The highest BCUT2D eigenvalue weighted by atomic mass is 16.5. The van der Waals surface area contributed by atoms with E-state index in [1.807, 2.05) is 6.07 Å². The van der Waals surface area contributed by atoms with Gasteiger partial charge in [0.1, 0.15) is 16.8 Å². The molecule has 2 rings (SSSR count). The highest BCUT2D eigenvalue weighted by Gasteiger charge is 2.18. The molecular weight excluding hydrogens is 208 g/mol. The first-order valence-electron chi connectivity index (χ1n) is 4.95. The number of nitrogens with zero attached hydrogens (tertiary/aromatic N) is 1. The van der Waals surface area contributed by atoms with Gasteiger partial charge in [0.2, 0.25) is 0 Å². The van der Waals surface area contributed by atoms with E-state index < -0.39 is 5.97 Å². The summed E-state index contributed by atoms with van der Waals surface area (Å²) in [4.78, 5) is 11.8. The molecular formula is C11H12N2O3. The lowest BCUT2D eigenvalue weighted by Crippen LogP contribution is -2.07. The fourth-order valence-electron chi connectivity index (χ4n) is 1.56. The van der Waals surface area contributed by atoms with E-state index in [2.05, 4.69) is 10.2 Å². The number of carbonyl (C=O) groups is 1. The molecule has 5 nitrogen and oxygen atoms in total. The van der Waals surface area contributed by atoms with Gasteiger partial charge in [0, 0.05) is 11.6 Å². The Labute approximate surface area is 92.4 Å². The second-order valence-electron chi connectivity index (χ2n) is 3.19. The third kappa shape index (κ3) is 1.60. The van der Waals surface area contributed by atoms with Crippen LogP contribution in [0.5, 0.6) is 5.75 Å². The minimum atomic E-state index is -0.419. The van der Waals surface area contributed by atoms with Crippen LogP contribution in [0.25, 0.3) is 10.9 Å². The molecule has 1 aromatic carbocycles. The predicted molar refractivity (Wildman–Crippen MR) is 58.6 cm³/mol. The minimum Gasteiger partial charge on any atom is -0.496 e. The number of esters is 1. The number of aromatic nitrogens is 2. The van der Waals surface area contributed by atoms with Crippen LogP contribution in [0.2, 0.25) is 0 Å². The first-order chi connectivity index (χ1) is 7.77. The van der Waals surface area contributed by atoms with Crippen LogP contribution in [0.4, 0.5) is 0 Å². The van der Waals surface area contributed by atoms with Gasteiger partial charge in [-0.05, 0) is 19.1 Å². The van der Waals surface area contributed by atoms with Crippen molar-refractivity contribution in [1.82, 2.24) is 10.2 Å². The van der Waals surface area contributed by atoms with Gasteiger partial charge in [0.15, 0.2) is 0 Å². The van der Waals surface area contributed by atoms with Crippen LogP contribution in [0.15, 0.2) is 18.3 Å². The molecule has 0 spiro atoms. The molecule has 1 heterocycles. The maximum Gasteiger partial charge on any atom is 0.344 e. The van der Waals surface area contributed by atoms with Crippen LogP contribution in [-0.4, -0.2) is 29.9 Å². The van der Waals surface area contributed by atoms with Gasteiger partial charge in [-0.15, -0.1) is 0 Å². The normalized spacial score (nSPS) is 10.4. The molecule has 1 aromatic heterocycles. The smallest absolute Gasteiger partial charge is 0.344 e. The van der Waals surface area contributed by atoms with Gasteiger partial charge in [0.05, 0.1) is 13.7 Å². The van der Waals surface area contributed by atoms with Gasteiger partial charge in [0.25, 0.3) is 0 Å². The first kappa shape index (κ1) is 10.5. The number of ether oxygens (including phenoxy) is 2. The molecule has 0 saturated heterocycles. The number of rotatable bonds is 3. The van der Waals surface area contributed by atoms with Crippen LogP contribution in [0, 0.1) is 0 Å². The molecule has 0 saturated carbocycles. The van der Waals surface area contributed by atoms with E-state index in [1.54, 1.807) is 19.2 Å². The summed E-state index contributed by atoms with van der Waals surface area (Å²) >= 11 is 0. The summed E-state index contributed by atoms with van der Waals surface area (Å²) in [5, 5.41) is 7.59. The quantitative estimate of drug-likeness (QED) is 0.800. The van der Waals surface area contributed by atoms with Crippen molar-refractivity contribution in [3.63, 3.8) is 0 Å². The zero-order valence-electron chi connectivity index (χ0n) is 9.11. The Morgan fingerprint density at radius 3 is 3.00 bits per heavy atom. The van der Waals surface area contributed by atoms with Crippen molar-refractivity contribution in [3.8, 4) is 5.75 Å². The molecule has 0 radical (unpaired) electrons. The fourth-order valence-corrected chi connectivity index (χ4v) is 1.56. The molecule has 0 aliphatic heterocycles. The Morgan fingerprint density at radius 1 is 1.50 bits per heavy atom. The number of hydrogen-bond acceptors (Lipinski definition) is 4. The highest BCUT2D eigenvalue weighted by molar-refractivity contribution is 6.05. The van der Waals surface area contributed by atoms with Crippen LogP contribution in [0.3, 0.4) is 0 Å². The predicted octanol–water partition coefficient (Wildman–Crippen LogP) is 1.75. The van der Waals surface area contributed by atoms with Crippen molar-refractivity contribution in [2.24, 2.45) is 0 Å². The van der Waals surface area contributed by atoms with Gasteiger partial charge in [-0.2, -0.15) is 5.10 Å². The van der Waals surface area contributed by atoms with Gasteiger partial charge in [-0.1, -0.05) is 0 Å². The van der Waals surface area contributed by atoms with Crippen molar-refractivity contribution in [1.29, 1.82) is 0 Å². The lowest BCUT2D eigenvalue weighted by molar-refractivity contribution is 0.0525. The summed E-state index contributed by atoms with van der Waals surface area (Å²) in [5.74, 6) is 0.0510. The van der Waals surface area contributed by atoms with Crippen molar-refractivity contribution >= 4 is 16.9 Å². The Bertz CT molecular complexity index is 519. The van der Waals surface area contributed by atoms with Crippen LogP contribution in [0.1, 0.15) is 17.3 Å². The average molecular weight is 220 g/mol. The van der Waals surface area contributed by atoms with Crippen LogP contribution < -0.4 is 4.74 Å². The lowest BCUT2D eigenvalue weighted by Gasteiger charge is -2.07. The monoisotopic (exact) mass is 220 g/mol. The molecule has 0 amide bonds. The number of benzene rings is 1. The molecule has 0 unspecified atom stereocenters. The van der Waals surface area contributed by atoms with Crippen molar-refractivity contribution in [2.45, 2.75) is 6.92 Å². The van der Waals surface area contributed by atoms with Crippen molar-refractivity contribution in [3.05, 3.63) is 23.9 Å². The Hall–Kier alpha value is -2.04. The van der Waals surface area contributed by atoms with Gasteiger partial charge >= 0.3 is 5.97 Å². The summed E-state index contributed by atoms with van der Waals surface area (Å²) in [6, 6.07) is 3.56. The fraction of sp³-hybridized carbons (Fsp3) is 0.273. The molecule has 0 bridgehead atoms. The highest BCUT2D eigenvalue weighted by Crippen LogP contribution is 2.26. The second-order valence-corrected chi connectivity index (χ2v) is 3.19. The molecule has 0 fully saturated rings. The topological polar surface area (TPSA) is 64.2 Å².